The third-order valence-corrected chi connectivity index (χ3v) is 7.93. The topological polar surface area (TPSA) is 40.1 Å². The van der Waals surface area contributed by atoms with Crippen molar-refractivity contribution < 1.29 is 23.1 Å². The number of carboxylic acid groups (broad SMARTS) is 1. The van der Waals surface area contributed by atoms with Gasteiger partial charge in [0.25, 0.3) is 0 Å². The van der Waals surface area contributed by atoms with Crippen molar-refractivity contribution in [2.24, 2.45) is 0 Å². The monoisotopic (exact) mass is 610 g/mol. The first-order valence-corrected chi connectivity index (χ1v) is 11.5. The van der Waals surface area contributed by atoms with E-state index in [1.54, 1.807) is 0 Å². The van der Waals surface area contributed by atoms with Crippen LogP contribution in [-0.2, 0) is 15.7 Å². The van der Waals surface area contributed by atoms with Crippen molar-refractivity contribution in [2.45, 2.75) is 20.9 Å². The lowest BCUT2D eigenvalue weighted by molar-refractivity contribution is -0.344. The molecule has 0 aliphatic heterocycles. The van der Waals surface area contributed by atoms with Crippen LogP contribution in [0.25, 0.3) is 0 Å². The van der Waals surface area contributed by atoms with Gasteiger partial charge in [0, 0.05) is 4.47 Å². The molecule has 0 amide bonds. The van der Waals surface area contributed by atoms with Crippen LogP contribution in [0, 0.1) is 0 Å². The minimum Gasteiger partial charge on any atom is -0.542 e. The Bertz CT molecular complexity index is 905. The van der Waals surface area contributed by atoms with Crippen LogP contribution >= 0.6 is 47.8 Å². The average molecular weight is 613 g/mol. The van der Waals surface area contributed by atoms with Gasteiger partial charge in [-0.05, 0) is 68.3 Å². The molecular weight excluding hydrogens is 601 g/mol. The highest BCUT2D eigenvalue weighted by atomic mass is 79.9. The molecule has 152 valence electrons. The number of hydrogen-bond acceptors (Lipinski definition) is 2. The number of aliphatic carboxylic acids is 1. The zero-order chi connectivity index (χ0) is 21.6. The zero-order valence-corrected chi connectivity index (χ0v) is 20.0. The minimum absolute atomic E-state index is 0.161. The van der Waals surface area contributed by atoms with Gasteiger partial charge in [0.05, 0.1) is 8.95 Å². The summed E-state index contributed by atoms with van der Waals surface area (Å²) in [6.07, 6.45) is -5.19. The van der Waals surface area contributed by atoms with Crippen molar-refractivity contribution in [3.05, 3.63) is 86.2 Å². The number of hydrogen-bond donors (Lipinski definition) is 0. The van der Waals surface area contributed by atoms with E-state index in [0.29, 0.717) is 0 Å². The highest BCUT2D eigenvalue weighted by Crippen LogP contribution is 2.41. The van der Waals surface area contributed by atoms with Gasteiger partial charge in [-0.15, -0.1) is 0 Å². The van der Waals surface area contributed by atoms with E-state index in [0.717, 1.165) is 13.4 Å². The summed E-state index contributed by atoms with van der Waals surface area (Å²) in [7, 11) is -0.161. The number of rotatable bonds is 3. The third-order valence-electron chi connectivity index (χ3n) is 3.36. The molecule has 3 aromatic carbocycles. The fourth-order valence-electron chi connectivity index (χ4n) is 2.21. The normalized spacial score (nSPS) is 11.0. The molecule has 0 N–H and O–H groups in total. The summed E-state index contributed by atoms with van der Waals surface area (Å²) in [5.41, 5.74) is 0. The molecule has 0 bridgehead atoms. The fraction of sp³-hybridized carbons (Fsp3) is 0.0500. The van der Waals surface area contributed by atoms with Gasteiger partial charge in [0.15, 0.2) is 14.7 Å². The molecule has 0 aliphatic carbocycles. The summed E-state index contributed by atoms with van der Waals surface area (Å²) in [4.78, 5) is 12.7. The Morgan fingerprint density at radius 2 is 1.14 bits per heavy atom. The number of alkyl halides is 3. The first-order chi connectivity index (χ1) is 13.6. The summed E-state index contributed by atoms with van der Waals surface area (Å²) in [6.45, 7) is 0. The number of carboxylic acids is 1. The SMILES string of the molecule is Brc1cc(Br)c([S+](c2ccccc2)c2ccccc2)c(Br)c1.O=C([O-])C(F)(F)F. The van der Waals surface area contributed by atoms with Gasteiger partial charge < -0.3 is 9.90 Å². The Morgan fingerprint density at radius 1 is 0.793 bits per heavy atom. The smallest absolute Gasteiger partial charge is 0.430 e. The standard InChI is InChI=1S/C18H12Br3S.C2HF3O2/c19-13-11-16(20)18(17(21)12-13)22(14-7-3-1-4-8-14)15-9-5-2-6-10-15;3-2(4,5)1(6)7/h1-12H;(H,6,7)/q+1;/p-1. The molecule has 0 atom stereocenters. The maximum atomic E-state index is 10.5. The third kappa shape index (κ3) is 6.87. The van der Waals surface area contributed by atoms with E-state index < -0.39 is 12.1 Å². The van der Waals surface area contributed by atoms with Crippen molar-refractivity contribution in [1.82, 2.24) is 0 Å². The van der Waals surface area contributed by atoms with E-state index >= 15 is 0 Å². The van der Waals surface area contributed by atoms with Gasteiger partial charge in [-0.2, -0.15) is 13.2 Å². The molecule has 0 heterocycles. The second-order valence-electron chi connectivity index (χ2n) is 5.42. The van der Waals surface area contributed by atoms with Crippen molar-refractivity contribution in [1.29, 1.82) is 0 Å². The van der Waals surface area contributed by atoms with Crippen LogP contribution in [0.15, 0.2) is 101 Å². The Labute approximate surface area is 193 Å². The molecule has 0 unspecified atom stereocenters. The molecule has 0 fully saturated rings. The van der Waals surface area contributed by atoms with E-state index in [1.807, 2.05) is 0 Å². The van der Waals surface area contributed by atoms with Crippen molar-refractivity contribution >= 4 is 64.7 Å². The summed E-state index contributed by atoms with van der Waals surface area (Å²) in [5, 5.41) is 8.78. The molecule has 29 heavy (non-hydrogen) atoms. The predicted octanol–water partition coefficient (Wildman–Crippen LogP) is 6.37. The lowest BCUT2D eigenvalue weighted by Gasteiger charge is -2.11. The Kier molecular flexibility index (Phi) is 8.81. The Morgan fingerprint density at radius 3 is 1.45 bits per heavy atom. The van der Waals surface area contributed by atoms with E-state index in [-0.39, 0.29) is 10.9 Å². The quantitative estimate of drug-likeness (QED) is 0.323. The highest BCUT2D eigenvalue weighted by molar-refractivity contribution is 9.11. The lowest BCUT2D eigenvalue weighted by Crippen LogP contribution is -2.37. The van der Waals surface area contributed by atoms with Gasteiger partial charge >= 0.3 is 6.18 Å². The number of carbonyl (C=O) groups is 1. The lowest BCUT2D eigenvalue weighted by atomic mass is 10.4. The van der Waals surface area contributed by atoms with Gasteiger partial charge in [-0.25, -0.2) is 0 Å². The molecular formula is C20H12Br3F3O2S. The van der Waals surface area contributed by atoms with Crippen LogP contribution < -0.4 is 5.11 Å². The van der Waals surface area contributed by atoms with E-state index in [9.17, 15) is 13.2 Å². The van der Waals surface area contributed by atoms with Gasteiger partial charge in [0.1, 0.15) is 16.9 Å². The average Bonchev–Trinajstić information content (AvgIpc) is 2.65. The second kappa shape index (κ2) is 10.7. The Hall–Kier alpha value is -1.29. The second-order valence-corrected chi connectivity index (χ2v) is 10.0. The van der Waals surface area contributed by atoms with E-state index in [4.69, 9.17) is 9.90 Å². The largest absolute Gasteiger partial charge is 0.542 e. The molecule has 3 aromatic rings. The van der Waals surface area contributed by atoms with E-state index in [1.165, 1.54) is 14.7 Å². The molecule has 0 saturated carbocycles. The summed E-state index contributed by atoms with van der Waals surface area (Å²) in [5.74, 6) is -3.01. The van der Waals surface area contributed by atoms with Gasteiger partial charge in [-0.3, -0.25) is 0 Å². The van der Waals surface area contributed by atoms with Crippen LogP contribution in [0.3, 0.4) is 0 Å². The molecule has 0 aromatic heterocycles. The minimum atomic E-state index is -5.19. The summed E-state index contributed by atoms with van der Waals surface area (Å²) in [6, 6.07) is 25.5. The zero-order valence-electron chi connectivity index (χ0n) is 14.4. The molecule has 9 heteroatoms. The summed E-state index contributed by atoms with van der Waals surface area (Å²) < 4.78 is 34.8. The van der Waals surface area contributed by atoms with Crippen LogP contribution in [0.2, 0.25) is 0 Å². The van der Waals surface area contributed by atoms with Gasteiger partial charge in [-0.1, -0.05) is 52.3 Å². The molecule has 0 spiro atoms. The molecule has 0 aliphatic rings. The maximum Gasteiger partial charge on any atom is 0.430 e. The van der Waals surface area contributed by atoms with Gasteiger partial charge in [0.2, 0.25) is 0 Å². The Balaban J connectivity index is 0.000000370. The molecule has 0 radical (unpaired) electrons. The van der Waals surface area contributed by atoms with Crippen molar-refractivity contribution in [3.63, 3.8) is 0 Å². The maximum absolute atomic E-state index is 10.5. The first-order valence-electron chi connectivity index (χ1n) is 7.88. The number of carbonyl (C=O) groups excluding carboxylic acids is 1. The number of benzene rings is 3. The van der Waals surface area contributed by atoms with Crippen molar-refractivity contribution in [2.75, 3.05) is 0 Å². The van der Waals surface area contributed by atoms with Crippen LogP contribution in [0.5, 0.6) is 0 Å². The van der Waals surface area contributed by atoms with Crippen LogP contribution in [-0.4, -0.2) is 12.1 Å². The summed E-state index contributed by atoms with van der Waals surface area (Å²) >= 11 is 11.0. The fourth-order valence-corrected chi connectivity index (χ4v) is 7.55. The molecule has 2 nitrogen and oxygen atoms in total. The predicted molar refractivity (Wildman–Crippen MR) is 116 cm³/mol. The van der Waals surface area contributed by atoms with Crippen LogP contribution in [0.1, 0.15) is 0 Å². The first kappa shape index (κ1) is 24.0. The van der Waals surface area contributed by atoms with E-state index in [2.05, 4.69) is 121 Å². The molecule has 3 rings (SSSR count). The van der Waals surface area contributed by atoms with Crippen LogP contribution in [0.4, 0.5) is 13.2 Å². The van der Waals surface area contributed by atoms with Crippen molar-refractivity contribution in [3.8, 4) is 0 Å². The molecule has 0 saturated heterocycles. The highest BCUT2D eigenvalue weighted by Gasteiger charge is 2.33. The number of halogens is 6.